The van der Waals surface area contributed by atoms with Crippen LogP contribution < -0.4 is 9.47 Å². The molecule has 0 radical (unpaired) electrons. The molecule has 0 atom stereocenters. The molecule has 0 saturated carbocycles. The van der Waals surface area contributed by atoms with Gasteiger partial charge in [0.25, 0.3) is 5.69 Å². The molecule has 1 aromatic rings. The van der Waals surface area contributed by atoms with Crippen LogP contribution in [0.5, 0.6) is 11.5 Å². The van der Waals surface area contributed by atoms with Crippen LogP contribution in [0.25, 0.3) is 0 Å². The van der Waals surface area contributed by atoms with Crippen LogP contribution in [-0.4, -0.2) is 31.9 Å². The Morgan fingerprint density at radius 2 is 2.10 bits per heavy atom. The Morgan fingerprint density at radius 3 is 2.67 bits per heavy atom. The molecule has 0 aliphatic carbocycles. The lowest BCUT2D eigenvalue weighted by atomic mass is 10.0. The maximum absolute atomic E-state index is 11.1. The molecule has 1 fully saturated rings. The Labute approximate surface area is 128 Å². The zero-order chi connectivity index (χ0) is 15.2. The second kappa shape index (κ2) is 7.47. The molecule has 0 aromatic heterocycles. The summed E-state index contributed by atoms with van der Waals surface area (Å²) in [5.41, 5.74) is 0.365. The van der Waals surface area contributed by atoms with E-state index in [-0.39, 0.29) is 11.6 Å². The number of hydrogen-bond donors (Lipinski definition) is 0. The summed E-state index contributed by atoms with van der Waals surface area (Å²) < 4.78 is 16.3. The highest BCUT2D eigenvalue weighted by Crippen LogP contribution is 2.36. The number of nitro benzene ring substituents is 1. The number of halogens is 1. The lowest BCUT2D eigenvalue weighted by Gasteiger charge is -2.22. The van der Waals surface area contributed by atoms with Gasteiger partial charge in [-0.1, -0.05) is 0 Å². The average molecular weight is 316 g/mol. The van der Waals surface area contributed by atoms with Crippen molar-refractivity contribution in [2.75, 3.05) is 26.9 Å². The third kappa shape index (κ3) is 3.98. The number of rotatable bonds is 6. The van der Waals surface area contributed by atoms with Crippen LogP contribution in [0.1, 0.15) is 18.4 Å². The summed E-state index contributed by atoms with van der Waals surface area (Å²) in [4.78, 5) is 10.6. The van der Waals surface area contributed by atoms with E-state index in [1.54, 1.807) is 6.07 Å². The first kappa shape index (κ1) is 15.9. The zero-order valence-electron chi connectivity index (χ0n) is 11.8. The number of nitrogens with zero attached hydrogens (tertiary/aromatic N) is 1. The van der Waals surface area contributed by atoms with Gasteiger partial charge < -0.3 is 14.2 Å². The molecule has 6 nitrogen and oxygen atoms in total. The second-order valence-electron chi connectivity index (χ2n) is 4.89. The fraction of sp³-hybridized carbons (Fsp3) is 0.571. The minimum absolute atomic E-state index is 0.0484. The first-order chi connectivity index (χ1) is 10.2. The van der Waals surface area contributed by atoms with Crippen molar-refractivity contribution in [2.45, 2.75) is 18.7 Å². The Bertz CT molecular complexity index is 502. The molecule has 1 aromatic carbocycles. The van der Waals surface area contributed by atoms with Crippen molar-refractivity contribution < 1.29 is 19.1 Å². The zero-order valence-corrected chi connectivity index (χ0v) is 12.6. The summed E-state index contributed by atoms with van der Waals surface area (Å²) in [6.07, 6.45) is 1.87. The van der Waals surface area contributed by atoms with Crippen molar-refractivity contribution in [3.05, 3.63) is 27.8 Å². The van der Waals surface area contributed by atoms with Crippen molar-refractivity contribution >= 4 is 17.3 Å². The van der Waals surface area contributed by atoms with Gasteiger partial charge in [0.15, 0.2) is 11.5 Å². The smallest absolute Gasteiger partial charge is 0.277 e. The maximum Gasteiger partial charge on any atom is 0.277 e. The molecule has 0 unspecified atom stereocenters. The number of alkyl halides is 1. The van der Waals surface area contributed by atoms with E-state index in [1.165, 1.54) is 13.2 Å². The lowest BCUT2D eigenvalue weighted by Crippen LogP contribution is -2.21. The fourth-order valence-electron chi connectivity index (χ4n) is 2.26. The van der Waals surface area contributed by atoms with Crippen LogP contribution in [0.15, 0.2) is 12.1 Å². The molecule has 1 heterocycles. The summed E-state index contributed by atoms with van der Waals surface area (Å²) >= 11 is 5.74. The van der Waals surface area contributed by atoms with Gasteiger partial charge in [0.1, 0.15) is 0 Å². The fourth-order valence-corrected chi connectivity index (χ4v) is 2.48. The van der Waals surface area contributed by atoms with E-state index in [9.17, 15) is 10.1 Å². The molecule has 116 valence electrons. The molecular formula is C14H18ClNO5. The maximum atomic E-state index is 11.1. The van der Waals surface area contributed by atoms with Crippen LogP contribution in [-0.2, 0) is 10.6 Å². The van der Waals surface area contributed by atoms with E-state index in [1.807, 2.05) is 0 Å². The molecule has 0 bridgehead atoms. The number of benzene rings is 1. The molecule has 0 spiro atoms. The molecule has 2 rings (SSSR count). The first-order valence-electron chi connectivity index (χ1n) is 6.77. The van der Waals surface area contributed by atoms with Gasteiger partial charge in [-0.3, -0.25) is 10.1 Å². The highest BCUT2D eigenvalue weighted by molar-refractivity contribution is 6.17. The highest BCUT2D eigenvalue weighted by atomic mass is 35.5. The Kier molecular flexibility index (Phi) is 5.64. The third-order valence-corrected chi connectivity index (χ3v) is 3.81. The molecule has 1 aliphatic heterocycles. The molecular weight excluding hydrogens is 298 g/mol. The van der Waals surface area contributed by atoms with Gasteiger partial charge in [-0.15, -0.1) is 11.6 Å². The second-order valence-corrected chi connectivity index (χ2v) is 5.16. The molecule has 1 saturated heterocycles. The lowest BCUT2D eigenvalue weighted by molar-refractivity contribution is -0.385. The number of methoxy groups -OCH3 is 1. The van der Waals surface area contributed by atoms with Crippen molar-refractivity contribution in [2.24, 2.45) is 5.92 Å². The van der Waals surface area contributed by atoms with Crippen LogP contribution >= 0.6 is 11.6 Å². The normalized spacial score (nSPS) is 15.7. The highest BCUT2D eigenvalue weighted by Gasteiger charge is 2.21. The minimum Gasteiger partial charge on any atom is -0.493 e. The predicted molar refractivity (Wildman–Crippen MR) is 78.2 cm³/mol. The first-order valence-corrected chi connectivity index (χ1v) is 7.31. The van der Waals surface area contributed by atoms with Crippen molar-refractivity contribution in [3.63, 3.8) is 0 Å². The summed E-state index contributed by atoms with van der Waals surface area (Å²) in [7, 11) is 1.50. The van der Waals surface area contributed by atoms with Crippen LogP contribution in [0, 0.1) is 16.0 Å². The topological polar surface area (TPSA) is 70.8 Å². The summed E-state index contributed by atoms with van der Waals surface area (Å²) in [6, 6.07) is 2.94. The van der Waals surface area contributed by atoms with E-state index in [4.69, 9.17) is 25.8 Å². The van der Waals surface area contributed by atoms with E-state index in [0.29, 0.717) is 29.6 Å². The van der Waals surface area contributed by atoms with Gasteiger partial charge in [-0.25, -0.2) is 0 Å². The van der Waals surface area contributed by atoms with Gasteiger partial charge in [-0.2, -0.15) is 0 Å². The van der Waals surface area contributed by atoms with Crippen LogP contribution in [0.4, 0.5) is 5.69 Å². The van der Waals surface area contributed by atoms with Gasteiger partial charge in [0.2, 0.25) is 0 Å². The summed E-state index contributed by atoms with van der Waals surface area (Å²) in [6.45, 7) is 1.96. The Morgan fingerprint density at radius 1 is 1.38 bits per heavy atom. The summed E-state index contributed by atoms with van der Waals surface area (Å²) in [5, 5.41) is 11.1. The van der Waals surface area contributed by atoms with Crippen molar-refractivity contribution in [1.29, 1.82) is 0 Å². The molecule has 0 amide bonds. The third-order valence-electron chi connectivity index (χ3n) is 3.52. The van der Waals surface area contributed by atoms with Crippen LogP contribution in [0.3, 0.4) is 0 Å². The predicted octanol–water partition coefficient (Wildman–Crippen LogP) is 3.15. The monoisotopic (exact) mass is 315 g/mol. The Hall–Kier alpha value is -1.53. The largest absolute Gasteiger partial charge is 0.493 e. The molecule has 21 heavy (non-hydrogen) atoms. The van der Waals surface area contributed by atoms with Gasteiger partial charge in [0.05, 0.1) is 30.6 Å². The molecule has 0 N–H and O–H groups in total. The number of ether oxygens (including phenoxy) is 3. The Balaban J connectivity index is 2.16. The SMILES string of the molecule is COc1cc(CCl)c([N+](=O)[O-])cc1OCC1CCOCC1. The van der Waals surface area contributed by atoms with Gasteiger partial charge in [0, 0.05) is 18.8 Å². The standard InChI is InChI=1S/C14H18ClNO5/c1-19-13-6-11(8-15)12(16(17)18)7-14(13)21-9-10-2-4-20-5-3-10/h6-7,10H,2-5,8-9H2,1H3. The summed E-state index contributed by atoms with van der Waals surface area (Å²) in [5.74, 6) is 1.29. The van der Waals surface area contributed by atoms with Crippen molar-refractivity contribution in [1.82, 2.24) is 0 Å². The minimum atomic E-state index is -0.460. The van der Waals surface area contributed by atoms with E-state index < -0.39 is 4.92 Å². The van der Waals surface area contributed by atoms with Gasteiger partial charge in [-0.05, 0) is 24.8 Å². The van der Waals surface area contributed by atoms with E-state index in [0.717, 1.165) is 26.1 Å². The van der Waals surface area contributed by atoms with Gasteiger partial charge >= 0.3 is 0 Å². The molecule has 1 aliphatic rings. The molecule has 7 heteroatoms. The number of hydrogen-bond acceptors (Lipinski definition) is 5. The number of nitro groups is 1. The van der Waals surface area contributed by atoms with Crippen LogP contribution in [0.2, 0.25) is 0 Å². The van der Waals surface area contributed by atoms with Crippen molar-refractivity contribution in [3.8, 4) is 11.5 Å². The van der Waals surface area contributed by atoms with E-state index in [2.05, 4.69) is 0 Å². The quantitative estimate of drug-likeness (QED) is 0.458. The average Bonchev–Trinajstić information content (AvgIpc) is 2.52. The van der Waals surface area contributed by atoms with E-state index >= 15 is 0 Å².